The highest BCUT2D eigenvalue weighted by Crippen LogP contribution is 2.27. The molecule has 1 aromatic heterocycles. The summed E-state index contributed by atoms with van der Waals surface area (Å²) in [7, 11) is 3.27. The third-order valence-corrected chi connectivity index (χ3v) is 4.27. The van der Waals surface area contributed by atoms with Crippen molar-refractivity contribution in [1.29, 1.82) is 0 Å². The van der Waals surface area contributed by atoms with Gasteiger partial charge in [0.25, 0.3) is 0 Å². The number of para-hydroxylation sites is 1. The average molecular weight is 367 g/mol. The summed E-state index contributed by atoms with van der Waals surface area (Å²) in [6, 6.07) is 15.8. The van der Waals surface area contributed by atoms with Gasteiger partial charge in [0.05, 0.1) is 25.4 Å². The molecule has 0 spiro atoms. The minimum absolute atomic E-state index is 0.573. The molecule has 134 valence electrons. The van der Waals surface area contributed by atoms with Crippen molar-refractivity contribution in [3.05, 3.63) is 60.3 Å². The van der Waals surface area contributed by atoms with Crippen molar-refractivity contribution in [2.75, 3.05) is 26.1 Å². The van der Waals surface area contributed by atoms with E-state index in [2.05, 4.69) is 15.6 Å². The first-order valence-electron chi connectivity index (χ1n) is 8.31. The van der Waals surface area contributed by atoms with Crippen LogP contribution >= 0.6 is 12.2 Å². The Hall–Kier alpha value is -2.86. The predicted molar refractivity (Wildman–Crippen MR) is 109 cm³/mol. The van der Waals surface area contributed by atoms with E-state index in [-0.39, 0.29) is 0 Å². The second-order valence-corrected chi connectivity index (χ2v) is 6.11. The largest absolute Gasteiger partial charge is 0.493 e. The number of benzene rings is 2. The number of nitrogens with zero attached hydrogens (tertiary/aromatic N) is 1. The van der Waals surface area contributed by atoms with Gasteiger partial charge in [-0.15, -0.1) is 0 Å². The molecule has 6 heteroatoms. The molecule has 2 N–H and O–H groups in total. The molecule has 0 atom stereocenters. The highest BCUT2D eigenvalue weighted by atomic mass is 32.1. The molecule has 26 heavy (non-hydrogen) atoms. The number of hydrogen-bond acceptors (Lipinski definition) is 4. The van der Waals surface area contributed by atoms with Crippen molar-refractivity contribution in [2.24, 2.45) is 0 Å². The van der Waals surface area contributed by atoms with Gasteiger partial charge in [0.2, 0.25) is 0 Å². The Morgan fingerprint density at radius 3 is 2.65 bits per heavy atom. The minimum Gasteiger partial charge on any atom is -0.493 e. The van der Waals surface area contributed by atoms with Crippen molar-refractivity contribution in [1.82, 2.24) is 10.3 Å². The molecule has 0 radical (unpaired) electrons. The van der Waals surface area contributed by atoms with Crippen LogP contribution in [0.3, 0.4) is 0 Å². The van der Waals surface area contributed by atoms with E-state index >= 15 is 0 Å². The fourth-order valence-corrected chi connectivity index (χ4v) is 2.94. The Morgan fingerprint density at radius 2 is 1.85 bits per heavy atom. The van der Waals surface area contributed by atoms with Crippen molar-refractivity contribution in [3.8, 4) is 11.5 Å². The predicted octanol–water partition coefficient (Wildman–Crippen LogP) is 3.78. The molecule has 0 aliphatic rings. The number of aromatic nitrogens is 1. The summed E-state index contributed by atoms with van der Waals surface area (Å²) in [6.07, 6.45) is 2.59. The highest BCUT2D eigenvalue weighted by molar-refractivity contribution is 7.80. The second-order valence-electron chi connectivity index (χ2n) is 5.70. The Bertz CT molecular complexity index is 909. The third-order valence-electron chi connectivity index (χ3n) is 4.03. The van der Waals surface area contributed by atoms with Gasteiger partial charge in [0, 0.05) is 18.1 Å². The molecular weight excluding hydrogens is 346 g/mol. The Labute approximate surface area is 158 Å². The monoisotopic (exact) mass is 367 g/mol. The van der Waals surface area contributed by atoms with Crippen molar-refractivity contribution < 1.29 is 9.47 Å². The number of methoxy groups -OCH3 is 2. The first-order chi connectivity index (χ1) is 12.7. The summed E-state index contributed by atoms with van der Waals surface area (Å²) < 4.78 is 10.6. The first-order valence-corrected chi connectivity index (χ1v) is 8.71. The van der Waals surface area contributed by atoms with Crippen molar-refractivity contribution >= 4 is 33.9 Å². The van der Waals surface area contributed by atoms with Gasteiger partial charge in [-0.1, -0.05) is 24.3 Å². The van der Waals surface area contributed by atoms with Gasteiger partial charge in [-0.05, 0) is 48.5 Å². The molecular formula is C20H21N3O2S. The smallest absolute Gasteiger partial charge is 0.170 e. The van der Waals surface area contributed by atoms with E-state index in [1.807, 2.05) is 48.5 Å². The summed E-state index contributed by atoms with van der Waals surface area (Å²) in [6.45, 7) is 0.708. The fourth-order valence-electron chi connectivity index (χ4n) is 2.73. The lowest BCUT2D eigenvalue weighted by Gasteiger charge is -2.13. The molecule has 0 bridgehead atoms. The molecule has 3 rings (SSSR count). The van der Waals surface area contributed by atoms with Crippen LogP contribution in [0.15, 0.2) is 54.7 Å². The Balaban J connectivity index is 1.57. The fraction of sp³-hybridized carbons (Fsp3) is 0.200. The molecule has 3 aromatic rings. The molecule has 0 fully saturated rings. The van der Waals surface area contributed by atoms with Crippen LogP contribution in [0.1, 0.15) is 5.56 Å². The van der Waals surface area contributed by atoms with Crippen LogP contribution in [-0.4, -0.2) is 30.9 Å². The number of thiocarbonyl (C=S) groups is 1. The highest BCUT2D eigenvalue weighted by Gasteiger charge is 2.06. The van der Waals surface area contributed by atoms with Crippen molar-refractivity contribution in [2.45, 2.75) is 6.42 Å². The van der Waals surface area contributed by atoms with Crippen LogP contribution in [-0.2, 0) is 6.42 Å². The molecule has 2 aromatic carbocycles. The molecule has 0 aliphatic carbocycles. The quantitative estimate of drug-likeness (QED) is 0.647. The van der Waals surface area contributed by atoms with E-state index in [9.17, 15) is 0 Å². The summed E-state index contributed by atoms with van der Waals surface area (Å²) in [5.41, 5.74) is 2.94. The maximum atomic E-state index is 5.41. The zero-order valence-corrected chi connectivity index (χ0v) is 15.6. The minimum atomic E-state index is 0.573. The summed E-state index contributed by atoms with van der Waals surface area (Å²) in [5.74, 6) is 1.46. The van der Waals surface area contributed by atoms with Crippen LogP contribution in [0, 0.1) is 0 Å². The lowest BCUT2D eigenvalue weighted by atomic mass is 10.1. The maximum absolute atomic E-state index is 5.41. The van der Waals surface area contributed by atoms with E-state index in [4.69, 9.17) is 21.7 Å². The number of pyridine rings is 1. The lowest BCUT2D eigenvalue weighted by molar-refractivity contribution is 0.354. The first kappa shape index (κ1) is 17.9. The molecule has 0 saturated heterocycles. The maximum Gasteiger partial charge on any atom is 0.170 e. The molecule has 0 amide bonds. The van der Waals surface area contributed by atoms with Crippen LogP contribution < -0.4 is 20.1 Å². The number of rotatable bonds is 6. The van der Waals surface area contributed by atoms with E-state index in [0.29, 0.717) is 11.7 Å². The van der Waals surface area contributed by atoms with E-state index in [1.54, 1.807) is 20.4 Å². The van der Waals surface area contributed by atoms with Gasteiger partial charge in [-0.2, -0.15) is 0 Å². The average Bonchev–Trinajstić information content (AvgIpc) is 2.68. The number of anilines is 1. The molecule has 0 saturated carbocycles. The van der Waals surface area contributed by atoms with E-state index in [1.165, 1.54) is 0 Å². The summed E-state index contributed by atoms with van der Waals surface area (Å²) in [5, 5.41) is 8.10. The van der Waals surface area contributed by atoms with Gasteiger partial charge in [-0.25, -0.2) is 0 Å². The topological polar surface area (TPSA) is 55.4 Å². The van der Waals surface area contributed by atoms with Crippen LogP contribution in [0.4, 0.5) is 5.69 Å². The van der Waals surface area contributed by atoms with Crippen molar-refractivity contribution in [3.63, 3.8) is 0 Å². The van der Waals surface area contributed by atoms with Crippen LogP contribution in [0.2, 0.25) is 0 Å². The number of nitrogens with one attached hydrogen (secondary N) is 2. The van der Waals surface area contributed by atoms with E-state index < -0.39 is 0 Å². The van der Waals surface area contributed by atoms with Gasteiger partial charge in [-0.3, -0.25) is 4.98 Å². The van der Waals surface area contributed by atoms with Gasteiger partial charge < -0.3 is 20.1 Å². The summed E-state index contributed by atoms with van der Waals surface area (Å²) >= 11 is 5.41. The number of hydrogen-bond donors (Lipinski definition) is 2. The van der Waals surface area contributed by atoms with Crippen LogP contribution in [0.25, 0.3) is 10.9 Å². The standard InChI is InChI=1S/C20H21N3O2S/c1-24-17-9-8-14(13-18(17)25-2)10-12-22-20(26)23-16-7-3-5-15-6-4-11-21-19(15)16/h3-9,11,13H,10,12H2,1-2H3,(H2,22,23,26). The normalized spacial score (nSPS) is 10.4. The zero-order valence-electron chi connectivity index (χ0n) is 14.8. The SMILES string of the molecule is COc1ccc(CCNC(=S)Nc2cccc3cccnc23)cc1OC. The Kier molecular flexibility index (Phi) is 5.86. The molecule has 0 aliphatic heterocycles. The second kappa shape index (κ2) is 8.49. The Morgan fingerprint density at radius 1 is 1.04 bits per heavy atom. The lowest BCUT2D eigenvalue weighted by Crippen LogP contribution is -2.30. The molecule has 0 unspecified atom stereocenters. The van der Waals surface area contributed by atoms with Crippen LogP contribution in [0.5, 0.6) is 11.5 Å². The number of fused-ring (bicyclic) bond motifs is 1. The third kappa shape index (κ3) is 4.21. The molecule has 5 nitrogen and oxygen atoms in total. The van der Waals surface area contributed by atoms with Gasteiger partial charge in [0.15, 0.2) is 16.6 Å². The summed E-state index contributed by atoms with van der Waals surface area (Å²) in [4.78, 5) is 4.42. The molecule has 1 heterocycles. The number of ether oxygens (including phenoxy) is 2. The van der Waals surface area contributed by atoms with Gasteiger partial charge >= 0.3 is 0 Å². The zero-order chi connectivity index (χ0) is 18.4. The van der Waals surface area contributed by atoms with Gasteiger partial charge in [0.1, 0.15) is 0 Å². The van der Waals surface area contributed by atoms with E-state index in [0.717, 1.165) is 40.1 Å².